The number of nitrogens with zero attached hydrogens (tertiary/aromatic N) is 2. The summed E-state index contributed by atoms with van der Waals surface area (Å²) >= 11 is -1.16. The molecule has 1 aliphatic heterocycles. The maximum absolute atomic E-state index is 12.9. The number of rotatable bonds is 5. The number of hydrogen-bond donors (Lipinski definition) is 1. The number of aromatic amines is 1. The maximum Gasteiger partial charge on any atom is 0.174 e. The molecule has 6 heteroatoms. The molecule has 0 amide bonds. The van der Waals surface area contributed by atoms with Crippen molar-refractivity contribution in [3.8, 4) is 16.9 Å². The first kappa shape index (κ1) is 18.2. The highest BCUT2D eigenvalue weighted by Gasteiger charge is 2.39. The van der Waals surface area contributed by atoms with Crippen LogP contribution < -0.4 is 4.74 Å². The number of para-hydroxylation sites is 3. The first-order chi connectivity index (χ1) is 14.2. The Morgan fingerprint density at radius 2 is 1.72 bits per heavy atom. The summed E-state index contributed by atoms with van der Waals surface area (Å²) in [5, 5.41) is 0. The van der Waals surface area contributed by atoms with E-state index < -0.39 is 11.4 Å². The lowest BCUT2D eigenvalue weighted by atomic mass is 10.0. The molecule has 146 valence electrons. The molecule has 0 aliphatic carbocycles. The van der Waals surface area contributed by atoms with E-state index in [-0.39, 0.29) is 0 Å². The number of hydrogen-bond acceptors (Lipinski definition) is 4. The van der Waals surface area contributed by atoms with Crippen molar-refractivity contribution in [3.63, 3.8) is 0 Å². The molecule has 1 fully saturated rings. The Labute approximate surface area is 172 Å². The quantitative estimate of drug-likeness (QED) is 0.503. The van der Waals surface area contributed by atoms with Crippen molar-refractivity contribution in [2.45, 2.75) is 10.8 Å². The van der Waals surface area contributed by atoms with Crippen LogP contribution >= 0.6 is 0 Å². The second kappa shape index (κ2) is 7.55. The van der Waals surface area contributed by atoms with Gasteiger partial charge in [0.1, 0.15) is 11.6 Å². The SMILES string of the molecule is COc1ccccc1-c1ccc([S+]([O-])N2CC(c3nc4ccccc4[nH]3)C2)cc1. The zero-order valence-electron chi connectivity index (χ0n) is 16.0. The van der Waals surface area contributed by atoms with Crippen LogP contribution in [0.25, 0.3) is 22.2 Å². The molecular weight excluding hydrogens is 382 g/mol. The zero-order valence-corrected chi connectivity index (χ0v) is 16.9. The fourth-order valence-electron chi connectivity index (χ4n) is 3.70. The summed E-state index contributed by atoms with van der Waals surface area (Å²) in [6.07, 6.45) is 0. The Balaban J connectivity index is 1.27. The van der Waals surface area contributed by atoms with E-state index in [0.717, 1.165) is 51.7 Å². The van der Waals surface area contributed by atoms with Crippen molar-refractivity contribution in [1.29, 1.82) is 0 Å². The first-order valence-corrected chi connectivity index (χ1v) is 10.7. The molecule has 4 aromatic rings. The molecule has 1 saturated heterocycles. The number of ether oxygens (including phenoxy) is 1. The fraction of sp³-hybridized carbons (Fsp3) is 0.174. The summed E-state index contributed by atoms with van der Waals surface area (Å²) in [4.78, 5) is 8.87. The topological polar surface area (TPSA) is 64.2 Å². The van der Waals surface area contributed by atoms with E-state index in [4.69, 9.17) is 4.74 Å². The van der Waals surface area contributed by atoms with Crippen LogP contribution in [0.5, 0.6) is 5.75 Å². The predicted octanol–water partition coefficient (Wildman–Crippen LogP) is 4.36. The van der Waals surface area contributed by atoms with Gasteiger partial charge in [-0.3, -0.25) is 0 Å². The summed E-state index contributed by atoms with van der Waals surface area (Å²) in [7, 11) is 1.67. The molecule has 3 aromatic carbocycles. The summed E-state index contributed by atoms with van der Waals surface area (Å²) in [5.74, 6) is 2.10. The number of nitrogens with one attached hydrogen (secondary N) is 1. The summed E-state index contributed by atoms with van der Waals surface area (Å²) < 4.78 is 20.4. The monoisotopic (exact) mass is 403 g/mol. The highest BCUT2D eigenvalue weighted by molar-refractivity contribution is 7.89. The second-order valence-electron chi connectivity index (χ2n) is 7.16. The average Bonchev–Trinajstić information content (AvgIpc) is 3.16. The van der Waals surface area contributed by atoms with Crippen LogP contribution in [0.4, 0.5) is 0 Å². The zero-order chi connectivity index (χ0) is 19.8. The molecule has 1 aliphatic rings. The molecule has 1 unspecified atom stereocenters. The lowest BCUT2D eigenvalue weighted by Gasteiger charge is -2.36. The summed E-state index contributed by atoms with van der Waals surface area (Å²) in [6, 6.07) is 23.8. The van der Waals surface area contributed by atoms with Crippen molar-refractivity contribution in [3.05, 3.63) is 78.6 Å². The Morgan fingerprint density at radius 1 is 1.00 bits per heavy atom. The molecule has 0 bridgehead atoms. The third kappa shape index (κ3) is 3.40. The van der Waals surface area contributed by atoms with Gasteiger partial charge in [-0.05, 0) is 48.0 Å². The number of fused-ring (bicyclic) bond motifs is 1. The van der Waals surface area contributed by atoms with Gasteiger partial charge < -0.3 is 14.3 Å². The molecule has 0 spiro atoms. The largest absolute Gasteiger partial charge is 0.593 e. The fourth-order valence-corrected chi connectivity index (χ4v) is 4.99. The van der Waals surface area contributed by atoms with Gasteiger partial charge in [-0.1, -0.05) is 30.3 Å². The molecule has 29 heavy (non-hydrogen) atoms. The molecule has 1 atom stereocenters. The van der Waals surface area contributed by atoms with Gasteiger partial charge in [0.05, 0.1) is 48.5 Å². The van der Waals surface area contributed by atoms with Gasteiger partial charge in [-0.15, -0.1) is 4.31 Å². The first-order valence-electron chi connectivity index (χ1n) is 9.58. The van der Waals surface area contributed by atoms with Gasteiger partial charge in [0.2, 0.25) is 0 Å². The van der Waals surface area contributed by atoms with E-state index in [1.165, 1.54) is 0 Å². The Bertz CT molecular complexity index is 1100. The van der Waals surface area contributed by atoms with Crippen LogP contribution in [-0.4, -0.2) is 39.0 Å². The van der Waals surface area contributed by atoms with Crippen LogP contribution in [0.1, 0.15) is 11.7 Å². The number of methoxy groups -OCH3 is 1. The van der Waals surface area contributed by atoms with Gasteiger partial charge >= 0.3 is 0 Å². The Morgan fingerprint density at radius 3 is 2.48 bits per heavy atom. The lowest BCUT2D eigenvalue weighted by molar-refractivity contribution is 0.257. The number of H-pyrrole nitrogens is 1. The molecule has 0 saturated carbocycles. The second-order valence-corrected chi connectivity index (χ2v) is 8.64. The molecule has 5 nitrogen and oxygen atoms in total. The molecule has 5 rings (SSSR count). The lowest BCUT2D eigenvalue weighted by Crippen LogP contribution is -2.48. The standard InChI is InChI=1S/C23H21N3O2S/c1-28-22-9-5-2-6-19(22)16-10-12-18(13-11-16)29(27)26-14-17(15-26)23-24-20-7-3-4-8-21(20)25-23/h2-13,17H,14-15H2,1H3,(H,24,25). The van der Waals surface area contributed by atoms with Crippen molar-refractivity contribution in [2.75, 3.05) is 20.2 Å². The van der Waals surface area contributed by atoms with E-state index in [1.807, 2.05) is 77.1 Å². The van der Waals surface area contributed by atoms with Crippen LogP contribution in [0.15, 0.2) is 77.7 Å². The average molecular weight is 404 g/mol. The van der Waals surface area contributed by atoms with Gasteiger partial charge in [0.25, 0.3) is 0 Å². The van der Waals surface area contributed by atoms with Crippen molar-refractivity contribution < 1.29 is 9.29 Å². The minimum atomic E-state index is -1.16. The molecule has 0 radical (unpaired) electrons. The van der Waals surface area contributed by atoms with Gasteiger partial charge in [0.15, 0.2) is 4.90 Å². The van der Waals surface area contributed by atoms with Gasteiger partial charge in [-0.2, -0.15) is 0 Å². The molecule has 1 N–H and O–H groups in total. The Kier molecular flexibility index (Phi) is 4.75. The highest BCUT2D eigenvalue weighted by atomic mass is 32.2. The molecule has 1 aromatic heterocycles. The van der Waals surface area contributed by atoms with Gasteiger partial charge in [-0.25, -0.2) is 4.98 Å². The van der Waals surface area contributed by atoms with Crippen LogP contribution in [0.2, 0.25) is 0 Å². The number of imidazole rings is 1. The molecule has 2 heterocycles. The van der Waals surface area contributed by atoms with Crippen molar-refractivity contribution in [2.24, 2.45) is 0 Å². The third-order valence-corrected chi connectivity index (χ3v) is 6.79. The van der Waals surface area contributed by atoms with E-state index in [0.29, 0.717) is 5.92 Å². The van der Waals surface area contributed by atoms with E-state index in [1.54, 1.807) is 7.11 Å². The van der Waals surface area contributed by atoms with Crippen molar-refractivity contribution >= 4 is 22.4 Å². The normalized spacial score (nSPS) is 15.9. The van der Waals surface area contributed by atoms with Gasteiger partial charge in [0, 0.05) is 5.56 Å². The summed E-state index contributed by atoms with van der Waals surface area (Å²) in [5.41, 5.74) is 4.11. The maximum atomic E-state index is 12.9. The third-order valence-electron chi connectivity index (χ3n) is 5.35. The highest BCUT2D eigenvalue weighted by Crippen LogP contribution is 2.34. The predicted molar refractivity (Wildman–Crippen MR) is 115 cm³/mol. The van der Waals surface area contributed by atoms with E-state index >= 15 is 0 Å². The summed E-state index contributed by atoms with van der Waals surface area (Å²) in [6.45, 7) is 1.47. The van der Waals surface area contributed by atoms with E-state index in [9.17, 15) is 4.55 Å². The van der Waals surface area contributed by atoms with Crippen molar-refractivity contribution in [1.82, 2.24) is 14.3 Å². The van der Waals surface area contributed by atoms with Crippen LogP contribution in [0.3, 0.4) is 0 Å². The molecular formula is C23H21N3O2S. The minimum Gasteiger partial charge on any atom is -0.593 e. The Hall–Kier alpha value is -2.80. The minimum absolute atomic E-state index is 0.291. The smallest absolute Gasteiger partial charge is 0.174 e. The van der Waals surface area contributed by atoms with Crippen LogP contribution in [0, 0.1) is 0 Å². The number of benzene rings is 3. The van der Waals surface area contributed by atoms with Crippen LogP contribution in [-0.2, 0) is 11.4 Å². The van der Waals surface area contributed by atoms with E-state index in [2.05, 4.69) is 9.97 Å². The number of aromatic nitrogens is 2.